The SMILES string of the molecule is CCC(C)(C)CCCCC[C-](C)C. The van der Waals surface area contributed by atoms with Crippen LogP contribution in [-0.2, 0) is 0 Å². The van der Waals surface area contributed by atoms with E-state index < -0.39 is 0 Å². The molecule has 0 aliphatic rings. The maximum Gasteiger partial charge on any atom is -0.0357 e. The summed E-state index contributed by atoms with van der Waals surface area (Å²) in [6.45, 7) is 11.5. The highest BCUT2D eigenvalue weighted by Crippen LogP contribution is 2.27. The zero-order valence-corrected chi connectivity index (χ0v) is 10.2. The van der Waals surface area contributed by atoms with Crippen molar-refractivity contribution in [3.63, 3.8) is 0 Å². The third-order valence-electron chi connectivity index (χ3n) is 2.99. The van der Waals surface area contributed by atoms with Gasteiger partial charge in [0.05, 0.1) is 0 Å². The highest BCUT2D eigenvalue weighted by atomic mass is 14.2. The van der Waals surface area contributed by atoms with Gasteiger partial charge in [-0.15, -0.1) is 0 Å². The largest absolute Gasteiger partial charge is 0.320 e. The lowest BCUT2D eigenvalue weighted by molar-refractivity contribution is 0.307. The van der Waals surface area contributed by atoms with Gasteiger partial charge in [0.15, 0.2) is 0 Å². The smallest absolute Gasteiger partial charge is 0.0357 e. The summed E-state index contributed by atoms with van der Waals surface area (Å²) in [5, 5.41) is 0. The van der Waals surface area contributed by atoms with Gasteiger partial charge in [-0.3, -0.25) is 0 Å². The number of rotatable bonds is 7. The van der Waals surface area contributed by atoms with Gasteiger partial charge >= 0.3 is 0 Å². The molecule has 80 valence electrons. The molecule has 0 aliphatic carbocycles. The van der Waals surface area contributed by atoms with Gasteiger partial charge in [0, 0.05) is 0 Å². The minimum atomic E-state index is 0.574. The summed E-state index contributed by atoms with van der Waals surface area (Å²) in [6.07, 6.45) is 8.25. The summed E-state index contributed by atoms with van der Waals surface area (Å²) in [6, 6.07) is 0. The molecule has 0 aromatic rings. The van der Waals surface area contributed by atoms with Crippen LogP contribution in [0, 0.1) is 11.3 Å². The van der Waals surface area contributed by atoms with E-state index in [-0.39, 0.29) is 0 Å². The molecule has 0 amide bonds. The van der Waals surface area contributed by atoms with Crippen LogP contribution in [0.5, 0.6) is 0 Å². The van der Waals surface area contributed by atoms with Crippen molar-refractivity contribution in [1.29, 1.82) is 0 Å². The lowest BCUT2D eigenvalue weighted by atomic mass is 9.84. The lowest BCUT2D eigenvalue weighted by Gasteiger charge is -2.23. The van der Waals surface area contributed by atoms with E-state index in [1.807, 2.05) is 0 Å². The third kappa shape index (κ3) is 8.33. The summed E-state index contributed by atoms with van der Waals surface area (Å²) < 4.78 is 0. The fourth-order valence-electron chi connectivity index (χ4n) is 1.44. The third-order valence-corrected chi connectivity index (χ3v) is 2.99. The number of unbranched alkanes of at least 4 members (excludes halogenated alkanes) is 2. The normalized spacial score (nSPS) is 12.5. The minimum Gasteiger partial charge on any atom is -0.320 e. The van der Waals surface area contributed by atoms with Crippen LogP contribution in [0.2, 0.25) is 0 Å². The van der Waals surface area contributed by atoms with Crippen molar-refractivity contribution >= 4 is 0 Å². The predicted molar refractivity (Wildman–Crippen MR) is 61.7 cm³/mol. The van der Waals surface area contributed by atoms with Crippen LogP contribution in [0.25, 0.3) is 0 Å². The predicted octanol–water partition coefficient (Wildman–Crippen LogP) is 4.99. The average Bonchev–Trinajstić information content (AvgIpc) is 2.03. The van der Waals surface area contributed by atoms with E-state index in [1.165, 1.54) is 38.5 Å². The van der Waals surface area contributed by atoms with Crippen molar-refractivity contribution in [2.24, 2.45) is 5.41 Å². The molecule has 0 atom stereocenters. The van der Waals surface area contributed by atoms with Crippen molar-refractivity contribution in [2.45, 2.75) is 73.1 Å². The fourth-order valence-corrected chi connectivity index (χ4v) is 1.44. The first-order chi connectivity index (χ1) is 5.98. The zero-order valence-electron chi connectivity index (χ0n) is 10.2. The van der Waals surface area contributed by atoms with Crippen molar-refractivity contribution in [3.05, 3.63) is 5.92 Å². The summed E-state index contributed by atoms with van der Waals surface area (Å²) in [7, 11) is 0. The Hall–Kier alpha value is 0. The maximum atomic E-state index is 2.38. The molecule has 0 N–H and O–H groups in total. The molecule has 0 heterocycles. The van der Waals surface area contributed by atoms with Crippen molar-refractivity contribution in [3.8, 4) is 0 Å². The summed E-state index contributed by atoms with van der Waals surface area (Å²) >= 11 is 0. The van der Waals surface area contributed by atoms with Crippen LogP contribution >= 0.6 is 0 Å². The molecule has 0 saturated carbocycles. The van der Waals surface area contributed by atoms with Crippen molar-refractivity contribution in [1.82, 2.24) is 0 Å². The van der Waals surface area contributed by atoms with Gasteiger partial charge in [0.2, 0.25) is 0 Å². The van der Waals surface area contributed by atoms with Gasteiger partial charge in [-0.05, 0) is 11.8 Å². The van der Waals surface area contributed by atoms with Crippen molar-refractivity contribution < 1.29 is 0 Å². The van der Waals surface area contributed by atoms with Crippen LogP contribution in [0.1, 0.15) is 73.1 Å². The molecule has 0 unspecified atom stereocenters. The van der Waals surface area contributed by atoms with Gasteiger partial charge in [0.1, 0.15) is 0 Å². The Morgan fingerprint density at radius 3 is 2.08 bits per heavy atom. The molecule has 0 nitrogen and oxygen atoms in total. The van der Waals surface area contributed by atoms with E-state index in [2.05, 4.69) is 34.6 Å². The van der Waals surface area contributed by atoms with Gasteiger partial charge in [-0.25, -0.2) is 0 Å². The van der Waals surface area contributed by atoms with E-state index in [0.717, 1.165) is 0 Å². The van der Waals surface area contributed by atoms with E-state index >= 15 is 0 Å². The second kappa shape index (κ2) is 6.45. The molecule has 0 saturated heterocycles. The van der Waals surface area contributed by atoms with Crippen molar-refractivity contribution in [2.75, 3.05) is 0 Å². The first kappa shape index (κ1) is 13.0. The molecule has 0 aromatic carbocycles. The maximum absolute atomic E-state index is 2.38. The summed E-state index contributed by atoms with van der Waals surface area (Å²) in [5.74, 6) is 1.58. The highest BCUT2D eigenvalue weighted by molar-refractivity contribution is 4.76. The Labute approximate surface area is 85.1 Å². The number of hydrogen-bond donors (Lipinski definition) is 0. The lowest BCUT2D eigenvalue weighted by Crippen LogP contribution is -2.08. The van der Waals surface area contributed by atoms with E-state index in [9.17, 15) is 0 Å². The van der Waals surface area contributed by atoms with E-state index in [1.54, 1.807) is 5.92 Å². The second-order valence-corrected chi connectivity index (χ2v) is 5.29. The van der Waals surface area contributed by atoms with Gasteiger partial charge < -0.3 is 5.92 Å². The molecule has 0 radical (unpaired) electrons. The first-order valence-electron chi connectivity index (χ1n) is 5.77. The van der Waals surface area contributed by atoms with Crippen LogP contribution < -0.4 is 0 Å². The first-order valence-corrected chi connectivity index (χ1v) is 5.77. The van der Waals surface area contributed by atoms with Gasteiger partial charge in [-0.2, -0.15) is 20.3 Å². The monoisotopic (exact) mass is 183 g/mol. The van der Waals surface area contributed by atoms with E-state index in [4.69, 9.17) is 0 Å². The Morgan fingerprint density at radius 2 is 1.62 bits per heavy atom. The topological polar surface area (TPSA) is 0 Å². The van der Waals surface area contributed by atoms with Crippen LogP contribution in [-0.4, -0.2) is 0 Å². The second-order valence-electron chi connectivity index (χ2n) is 5.29. The average molecular weight is 183 g/mol. The van der Waals surface area contributed by atoms with Crippen LogP contribution in [0.3, 0.4) is 0 Å². The van der Waals surface area contributed by atoms with Gasteiger partial charge in [0.25, 0.3) is 0 Å². The fraction of sp³-hybridized carbons (Fsp3) is 0.923. The highest BCUT2D eigenvalue weighted by Gasteiger charge is 2.13. The van der Waals surface area contributed by atoms with E-state index in [0.29, 0.717) is 5.41 Å². The number of hydrogen-bond acceptors (Lipinski definition) is 0. The zero-order chi connectivity index (χ0) is 10.3. The van der Waals surface area contributed by atoms with Gasteiger partial charge in [-0.1, -0.05) is 46.5 Å². The molecule has 0 aliphatic heterocycles. The Balaban J connectivity index is 3.26. The Morgan fingerprint density at radius 1 is 1.00 bits per heavy atom. The molecule has 0 bridgehead atoms. The molecule has 0 rings (SSSR count). The molecule has 0 heteroatoms. The Bertz CT molecular complexity index is 111. The molecule has 0 spiro atoms. The quantitative estimate of drug-likeness (QED) is 0.385. The standard InChI is InChI=1S/C13H27/c1-6-13(4,5)11-9-7-8-10-12(2)3/h6-11H2,1-5H3/q-1. The Kier molecular flexibility index (Phi) is 6.45. The summed E-state index contributed by atoms with van der Waals surface area (Å²) in [5.41, 5.74) is 0.574. The molecule has 0 fully saturated rings. The summed E-state index contributed by atoms with van der Waals surface area (Å²) in [4.78, 5) is 0. The minimum absolute atomic E-state index is 0.574. The molecular formula is C13H27-. The molecule has 13 heavy (non-hydrogen) atoms. The molecular weight excluding hydrogens is 156 g/mol. The van der Waals surface area contributed by atoms with Crippen LogP contribution in [0.4, 0.5) is 0 Å². The molecule has 0 aromatic heterocycles. The van der Waals surface area contributed by atoms with Crippen LogP contribution in [0.15, 0.2) is 0 Å².